The Hall–Kier alpha value is -2.69. The lowest BCUT2D eigenvalue weighted by atomic mass is 9.97. The Morgan fingerprint density at radius 2 is 1.00 bits per heavy atom. The van der Waals surface area contributed by atoms with E-state index in [0.717, 1.165) is 6.16 Å². The lowest BCUT2D eigenvalue weighted by Gasteiger charge is -2.21. The van der Waals surface area contributed by atoms with E-state index in [1.54, 1.807) is 0 Å². The van der Waals surface area contributed by atoms with Crippen molar-refractivity contribution in [1.29, 1.82) is 0 Å². The predicted octanol–water partition coefficient (Wildman–Crippen LogP) is 6.29. The van der Waals surface area contributed by atoms with Crippen molar-refractivity contribution in [2.45, 2.75) is 13.1 Å². The van der Waals surface area contributed by atoms with Gasteiger partial charge in [-0.1, -0.05) is 109 Å². The summed E-state index contributed by atoms with van der Waals surface area (Å²) in [4.78, 5) is 0. The molecule has 0 heterocycles. The van der Waals surface area contributed by atoms with Gasteiger partial charge in [0.25, 0.3) is 0 Å². The Kier molecular flexibility index (Phi) is 5.47. The van der Waals surface area contributed by atoms with Crippen molar-refractivity contribution in [1.82, 2.24) is 0 Å². The summed E-state index contributed by atoms with van der Waals surface area (Å²) in [7, 11) is -0.443. The monoisotopic (exact) mass is 366 g/mol. The average molecular weight is 366 g/mol. The molecule has 4 rings (SSSR count). The van der Waals surface area contributed by atoms with Gasteiger partial charge in [-0.05, 0) is 47.7 Å². The van der Waals surface area contributed by atoms with E-state index >= 15 is 0 Å². The van der Waals surface area contributed by atoms with Gasteiger partial charge in [0.15, 0.2) is 0 Å². The molecule has 0 aliphatic rings. The van der Waals surface area contributed by atoms with E-state index in [0.29, 0.717) is 0 Å². The third kappa shape index (κ3) is 4.02. The first-order chi connectivity index (χ1) is 13.3. The van der Waals surface area contributed by atoms with Gasteiger partial charge in [0.2, 0.25) is 0 Å². The van der Waals surface area contributed by atoms with Crippen molar-refractivity contribution in [3.8, 4) is 11.1 Å². The van der Waals surface area contributed by atoms with Crippen LogP contribution in [0.25, 0.3) is 11.1 Å². The van der Waals surface area contributed by atoms with Crippen molar-refractivity contribution in [2.24, 2.45) is 0 Å². The molecule has 132 valence electrons. The second-order valence-corrected chi connectivity index (χ2v) is 8.93. The van der Waals surface area contributed by atoms with E-state index in [2.05, 4.69) is 116 Å². The Bertz CT molecular complexity index is 967. The Morgan fingerprint density at radius 1 is 0.519 bits per heavy atom. The van der Waals surface area contributed by atoms with Gasteiger partial charge >= 0.3 is 0 Å². The smallest absolute Gasteiger partial charge is 0.00136 e. The van der Waals surface area contributed by atoms with Crippen LogP contribution in [0.15, 0.2) is 109 Å². The minimum absolute atomic E-state index is 0.443. The van der Waals surface area contributed by atoms with E-state index in [4.69, 9.17) is 0 Å². The number of aryl methyl sites for hydroxylation is 1. The van der Waals surface area contributed by atoms with Gasteiger partial charge in [-0.3, -0.25) is 0 Å². The minimum Gasteiger partial charge on any atom is -0.0622 e. The predicted molar refractivity (Wildman–Crippen MR) is 119 cm³/mol. The van der Waals surface area contributed by atoms with Gasteiger partial charge < -0.3 is 0 Å². The van der Waals surface area contributed by atoms with Crippen LogP contribution in [-0.2, 0) is 6.16 Å². The number of rotatable bonds is 5. The van der Waals surface area contributed by atoms with E-state index in [1.807, 2.05) is 0 Å². The highest BCUT2D eigenvalue weighted by Gasteiger charge is 2.17. The molecule has 0 bridgehead atoms. The first kappa shape index (κ1) is 17.7. The summed E-state index contributed by atoms with van der Waals surface area (Å²) < 4.78 is 0. The molecule has 0 amide bonds. The van der Waals surface area contributed by atoms with Gasteiger partial charge in [-0.15, -0.1) is 0 Å². The number of hydrogen-bond donors (Lipinski definition) is 0. The van der Waals surface area contributed by atoms with Crippen LogP contribution in [-0.4, -0.2) is 0 Å². The quantitative estimate of drug-likeness (QED) is 0.364. The van der Waals surface area contributed by atoms with Gasteiger partial charge in [0.1, 0.15) is 0 Å². The summed E-state index contributed by atoms with van der Waals surface area (Å²) in [6.45, 7) is 2.20. The highest BCUT2D eigenvalue weighted by atomic mass is 31.1. The van der Waals surface area contributed by atoms with Crippen molar-refractivity contribution in [2.75, 3.05) is 0 Å². The summed E-state index contributed by atoms with van der Waals surface area (Å²) in [5.74, 6) is 0. The molecule has 0 unspecified atom stereocenters. The maximum absolute atomic E-state index is 2.29. The van der Waals surface area contributed by atoms with Crippen molar-refractivity contribution in [3.05, 3.63) is 120 Å². The van der Waals surface area contributed by atoms with Gasteiger partial charge in [-0.25, -0.2) is 0 Å². The highest BCUT2D eigenvalue weighted by molar-refractivity contribution is 7.72. The van der Waals surface area contributed by atoms with Crippen molar-refractivity contribution in [3.63, 3.8) is 0 Å². The lowest BCUT2D eigenvalue weighted by molar-refractivity contribution is 1.37. The first-order valence-electron chi connectivity index (χ1n) is 9.34. The molecule has 0 saturated carbocycles. The van der Waals surface area contributed by atoms with Gasteiger partial charge in [0.05, 0.1) is 0 Å². The SMILES string of the molecule is Cc1ccccc1-c1ccccc1CP(c1ccccc1)c1ccccc1. The average Bonchev–Trinajstić information content (AvgIpc) is 2.74. The zero-order valence-electron chi connectivity index (χ0n) is 15.5. The Morgan fingerprint density at radius 3 is 1.59 bits per heavy atom. The third-order valence-electron chi connectivity index (χ3n) is 4.92. The van der Waals surface area contributed by atoms with Crippen LogP contribution >= 0.6 is 7.92 Å². The lowest BCUT2D eigenvalue weighted by Crippen LogP contribution is -2.13. The van der Waals surface area contributed by atoms with Crippen molar-refractivity contribution < 1.29 is 0 Å². The molecule has 1 heteroatoms. The number of benzene rings is 4. The van der Waals surface area contributed by atoms with Crippen LogP contribution in [0.5, 0.6) is 0 Å². The van der Waals surface area contributed by atoms with Crippen LogP contribution in [0.4, 0.5) is 0 Å². The Labute approximate surface area is 163 Å². The molecule has 27 heavy (non-hydrogen) atoms. The number of hydrogen-bond acceptors (Lipinski definition) is 0. The molecule has 0 fully saturated rings. The third-order valence-corrected chi connectivity index (χ3v) is 7.42. The highest BCUT2D eigenvalue weighted by Crippen LogP contribution is 2.40. The topological polar surface area (TPSA) is 0 Å². The second-order valence-electron chi connectivity index (χ2n) is 6.73. The molecule has 4 aromatic carbocycles. The maximum atomic E-state index is 2.29. The summed E-state index contributed by atoms with van der Waals surface area (Å²) >= 11 is 0. The molecule has 0 radical (unpaired) electrons. The molecule has 0 aliphatic carbocycles. The van der Waals surface area contributed by atoms with Gasteiger partial charge in [0, 0.05) is 6.16 Å². The van der Waals surface area contributed by atoms with E-state index in [1.165, 1.54) is 32.9 Å². The molecule has 0 atom stereocenters. The second kappa shape index (κ2) is 8.33. The molecule has 4 aromatic rings. The molecular weight excluding hydrogens is 343 g/mol. The normalized spacial score (nSPS) is 10.9. The van der Waals surface area contributed by atoms with Crippen LogP contribution in [0.1, 0.15) is 11.1 Å². The maximum Gasteiger partial charge on any atom is 0.00136 e. The largest absolute Gasteiger partial charge is 0.0622 e. The van der Waals surface area contributed by atoms with E-state index in [9.17, 15) is 0 Å². The Balaban J connectivity index is 1.78. The van der Waals surface area contributed by atoms with Gasteiger partial charge in [-0.2, -0.15) is 0 Å². The molecule has 0 saturated heterocycles. The summed E-state index contributed by atoms with van der Waals surface area (Å²) in [6.07, 6.45) is 1.05. The fourth-order valence-corrected chi connectivity index (χ4v) is 5.86. The molecule has 0 spiro atoms. The zero-order valence-corrected chi connectivity index (χ0v) is 16.4. The fourth-order valence-electron chi connectivity index (χ4n) is 3.51. The first-order valence-corrected chi connectivity index (χ1v) is 10.9. The molecular formula is C26H23P. The zero-order chi connectivity index (χ0) is 18.5. The molecule has 0 aromatic heterocycles. The van der Waals surface area contributed by atoms with E-state index < -0.39 is 7.92 Å². The van der Waals surface area contributed by atoms with Crippen LogP contribution in [0.3, 0.4) is 0 Å². The fraction of sp³-hybridized carbons (Fsp3) is 0.0769. The van der Waals surface area contributed by atoms with E-state index in [-0.39, 0.29) is 0 Å². The van der Waals surface area contributed by atoms with Crippen LogP contribution < -0.4 is 10.6 Å². The molecule has 0 N–H and O–H groups in total. The molecule has 0 aliphatic heterocycles. The van der Waals surface area contributed by atoms with Crippen LogP contribution in [0, 0.1) is 6.92 Å². The summed E-state index contributed by atoms with van der Waals surface area (Å²) in [6, 6.07) is 39.5. The summed E-state index contributed by atoms with van der Waals surface area (Å²) in [5.41, 5.74) is 5.44. The standard InChI is InChI=1S/C26H23P/c1-21-12-8-10-18-25(21)26-19-11-9-13-22(26)20-27(23-14-4-2-5-15-23)24-16-6-3-7-17-24/h2-19H,20H2,1H3. The van der Waals surface area contributed by atoms with Crippen molar-refractivity contribution >= 4 is 18.5 Å². The minimum atomic E-state index is -0.443. The molecule has 0 nitrogen and oxygen atoms in total. The summed E-state index contributed by atoms with van der Waals surface area (Å²) in [5, 5.41) is 2.86. The van der Waals surface area contributed by atoms with Crippen LogP contribution in [0.2, 0.25) is 0 Å².